The van der Waals surface area contributed by atoms with E-state index >= 15 is 0 Å². The highest BCUT2D eigenvalue weighted by atomic mass is 35.5. The van der Waals surface area contributed by atoms with E-state index in [0.29, 0.717) is 17.2 Å². The second-order valence-electron chi connectivity index (χ2n) is 4.87. The van der Waals surface area contributed by atoms with Gasteiger partial charge in [-0.1, -0.05) is 36.4 Å². The number of benzene rings is 2. The Morgan fingerprint density at radius 2 is 1.75 bits per heavy atom. The maximum atomic E-state index is 13.7. The molecule has 1 heterocycles. The molecule has 0 aromatic heterocycles. The molecule has 1 atom stereocenters. The van der Waals surface area contributed by atoms with E-state index in [2.05, 4.69) is 5.32 Å². The zero-order chi connectivity index (χ0) is 13.2. The Morgan fingerprint density at radius 1 is 1.00 bits per heavy atom. The average molecular weight is 296 g/mol. The third-order valence-corrected chi connectivity index (χ3v) is 3.64. The fraction of sp³-hybridized carbons (Fsp3) is 0.250. The lowest BCUT2D eigenvalue weighted by Crippen LogP contribution is -2.12. The first-order valence-electron chi connectivity index (χ1n) is 6.53. The van der Waals surface area contributed by atoms with Crippen LogP contribution in [0.1, 0.15) is 24.4 Å². The van der Waals surface area contributed by atoms with Crippen molar-refractivity contribution in [3.05, 3.63) is 59.7 Å². The molecule has 2 aromatic carbocycles. The summed E-state index contributed by atoms with van der Waals surface area (Å²) in [5, 5.41) is 3.42. The van der Waals surface area contributed by atoms with Gasteiger partial charge in [-0.25, -0.2) is 8.78 Å². The van der Waals surface area contributed by atoms with E-state index in [0.717, 1.165) is 19.0 Å². The summed E-state index contributed by atoms with van der Waals surface area (Å²) in [5.74, 6) is -1.59. The number of halogens is 3. The van der Waals surface area contributed by atoms with E-state index in [1.54, 1.807) is 6.07 Å². The number of rotatable bonds is 2. The van der Waals surface area contributed by atoms with Crippen LogP contribution in [0.3, 0.4) is 0 Å². The summed E-state index contributed by atoms with van der Waals surface area (Å²) in [6.07, 6.45) is 2.32. The Bertz CT molecular complexity index is 578. The standard InChI is InChI=1S/C16H15F2N.ClH/c17-14-4-1-3-13(16(14)18)11-6-8-12(9-7-11)15-5-2-10-19-15;/h1,3-4,6-9,15,19H,2,5,10H2;1H. The Balaban J connectivity index is 0.00000147. The van der Waals surface area contributed by atoms with Crippen molar-refractivity contribution in [1.82, 2.24) is 5.32 Å². The normalized spacial score (nSPS) is 17.8. The summed E-state index contributed by atoms with van der Waals surface area (Å²) in [6.45, 7) is 1.05. The van der Waals surface area contributed by atoms with Crippen LogP contribution in [0, 0.1) is 11.6 Å². The molecule has 4 heteroatoms. The van der Waals surface area contributed by atoms with Crippen LogP contribution in [-0.4, -0.2) is 6.54 Å². The molecule has 0 aliphatic carbocycles. The lowest BCUT2D eigenvalue weighted by molar-refractivity contribution is 0.511. The van der Waals surface area contributed by atoms with Crippen molar-refractivity contribution in [2.45, 2.75) is 18.9 Å². The minimum Gasteiger partial charge on any atom is -0.310 e. The first-order chi connectivity index (χ1) is 9.25. The molecular formula is C16H16ClF2N. The summed E-state index contributed by atoms with van der Waals surface area (Å²) in [4.78, 5) is 0. The van der Waals surface area contributed by atoms with Gasteiger partial charge in [-0.2, -0.15) is 0 Å². The molecule has 1 unspecified atom stereocenters. The zero-order valence-electron chi connectivity index (χ0n) is 10.9. The SMILES string of the molecule is Cl.Fc1cccc(-c2ccc(C3CCCN3)cc2)c1F. The molecule has 0 spiro atoms. The quantitative estimate of drug-likeness (QED) is 0.861. The van der Waals surface area contributed by atoms with Crippen molar-refractivity contribution >= 4 is 12.4 Å². The van der Waals surface area contributed by atoms with Gasteiger partial charge < -0.3 is 5.32 Å². The monoisotopic (exact) mass is 295 g/mol. The summed E-state index contributed by atoms with van der Waals surface area (Å²) in [5.41, 5.74) is 2.22. The van der Waals surface area contributed by atoms with E-state index in [1.807, 2.05) is 24.3 Å². The van der Waals surface area contributed by atoms with E-state index in [4.69, 9.17) is 0 Å². The first kappa shape index (κ1) is 14.9. The van der Waals surface area contributed by atoms with Crippen LogP contribution in [0.2, 0.25) is 0 Å². The fourth-order valence-electron chi connectivity index (χ4n) is 2.59. The van der Waals surface area contributed by atoms with Gasteiger partial charge in [-0.05, 0) is 36.6 Å². The number of hydrogen-bond acceptors (Lipinski definition) is 1. The van der Waals surface area contributed by atoms with Crippen molar-refractivity contribution in [3.63, 3.8) is 0 Å². The predicted octanol–water partition coefficient (Wildman–Crippen LogP) is 4.48. The number of nitrogens with one attached hydrogen (secondary N) is 1. The Labute approximate surface area is 123 Å². The second-order valence-corrected chi connectivity index (χ2v) is 4.87. The van der Waals surface area contributed by atoms with Crippen LogP contribution >= 0.6 is 12.4 Å². The van der Waals surface area contributed by atoms with Crippen molar-refractivity contribution in [2.75, 3.05) is 6.54 Å². The molecule has 106 valence electrons. The number of hydrogen-bond donors (Lipinski definition) is 1. The van der Waals surface area contributed by atoms with E-state index in [9.17, 15) is 8.78 Å². The average Bonchev–Trinajstić information content (AvgIpc) is 2.96. The molecular weight excluding hydrogens is 280 g/mol. The van der Waals surface area contributed by atoms with Crippen LogP contribution in [0.5, 0.6) is 0 Å². The van der Waals surface area contributed by atoms with Crippen molar-refractivity contribution in [1.29, 1.82) is 0 Å². The molecule has 20 heavy (non-hydrogen) atoms. The molecule has 0 amide bonds. The highest BCUT2D eigenvalue weighted by Gasteiger charge is 2.16. The van der Waals surface area contributed by atoms with Gasteiger partial charge >= 0.3 is 0 Å². The molecule has 0 radical (unpaired) electrons. The van der Waals surface area contributed by atoms with Crippen LogP contribution in [0.25, 0.3) is 11.1 Å². The van der Waals surface area contributed by atoms with Gasteiger partial charge in [0, 0.05) is 11.6 Å². The third kappa shape index (κ3) is 2.84. The summed E-state index contributed by atoms with van der Waals surface area (Å²) in [6, 6.07) is 12.3. The lowest BCUT2D eigenvalue weighted by Gasteiger charge is -2.11. The van der Waals surface area contributed by atoms with Crippen LogP contribution < -0.4 is 5.32 Å². The van der Waals surface area contributed by atoms with E-state index in [-0.39, 0.29) is 12.4 Å². The third-order valence-electron chi connectivity index (χ3n) is 3.64. The fourth-order valence-corrected chi connectivity index (χ4v) is 2.59. The van der Waals surface area contributed by atoms with Crippen LogP contribution in [-0.2, 0) is 0 Å². The highest BCUT2D eigenvalue weighted by Crippen LogP contribution is 2.28. The highest BCUT2D eigenvalue weighted by molar-refractivity contribution is 5.85. The van der Waals surface area contributed by atoms with E-state index in [1.165, 1.54) is 18.1 Å². The van der Waals surface area contributed by atoms with Crippen LogP contribution in [0.15, 0.2) is 42.5 Å². The molecule has 1 saturated heterocycles. The molecule has 1 fully saturated rings. The second kappa shape index (κ2) is 6.33. The van der Waals surface area contributed by atoms with Crippen molar-refractivity contribution in [3.8, 4) is 11.1 Å². The van der Waals surface area contributed by atoms with E-state index < -0.39 is 11.6 Å². The summed E-state index contributed by atoms with van der Waals surface area (Å²) < 4.78 is 26.9. The van der Waals surface area contributed by atoms with Gasteiger partial charge in [0.05, 0.1) is 0 Å². The molecule has 1 aliphatic rings. The van der Waals surface area contributed by atoms with Gasteiger partial charge in [0.1, 0.15) is 0 Å². The predicted molar refractivity (Wildman–Crippen MR) is 79.0 cm³/mol. The molecule has 1 nitrogen and oxygen atoms in total. The molecule has 3 rings (SSSR count). The Hall–Kier alpha value is -1.45. The van der Waals surface area contributed by atoms with Gasteiger partial charge in [-0.3, -0.25) is 0 Å². The van der Waals surface area contributed by atoms with Gasteiger partial charge in [0.15, 0.2) is 11.6 Å². The molecule has 0 bridgehead atoms. The Morgan fingerprint density at radius 3 is 2.40 bits per heavy atom. The molecule has 2 aromatic rings. The minimum absolute atomic E-state index is 0. The minimum atomic E-state index is -0.806. The lowest BCUT2D eigenvalue weighted by atomic mass is 9.99. The smallest absolute Gasteiger partial charge is 0.166 e. The Kier molecular flexibility index (Phi) is 4.73. The van der Waals surface area contributed by atoms with Crippen molar-refractivity contribution in [2.24, 2.45) is 0 Å². The molecule has 1 N–H and O–H groups in total. The largest absolute Gasteiger partial charge is 0.310 e. The maximum absolute atomic E-state index is 13.7. The maximum Gasteiger partial charge on any atom is 0.166 e. The summed E-state index contributed by atoms with van der Waals surface area (Å²) >= 11 is 0. The summed E-state index contributed by atoms with van der Waals surface area (Å²) in [7, 11) is 0. The van der Waals surface area contributed by atoms with Crippen LogP contribution in [0.4, 0.5) is 8.78 Å². The van der Waals surface area contributed by atoms with Gasteiger partial charge in [0.2, 0.25) is 0 Å². The van der Waals surface area contributed by atoms with Crippen molar-refractivity contribution < 1.29 is 8.78 Å². The van der Waals surface area contributed by atoms with Gasteiger partial charge in [0.25, 0.3) is 0 Å². The zero-order valence-corrected chi connectivity index (χ0v) is 11.7. The van der Waals surface area contributed by atoms with Gasteiger partial charge in [-0.15, -0.1) is 12.4 Å². The first-order valence-corrected chi connectivity index (χ1v) is 6.53. The molecule has 1 aliphatic heterocycles. The molecule has 0 saturated carbocycles. The topological polar surface area (TPSA) is 12.0 Å².